The highest BCUT2D eigenvalue weighted by Gasteiger charge is 2.81. The van der Waals surface area contributed by atoms with Crippen LogP contribution in [0.3, 0.4) is 0 Å². The molecule has 0 spiro atoms. The van der Waals surface area contributed by atoms with Crippen LogP contribution in [0, 0.1) is 39.9 Å². The normalized spacial score (nSPS) is 59.7. The fourth-order valence-electron chi connectivity index (χ4n) is 9.49. The second kappa shape index (κ2) is 5.32. The van der Waals surface area contributed by atoms with Crippen molar-refractivity contribution in [1.82, 2.24) is 0 Å². The molecule has 0 bridgehead atoms. The van der Waals surface area contributed by atoms with Gasteiger partial charge >= 0.3 is 0 Å². The van der Waals surface area contributed by atoms with E-state index in [1.165, 1.54) is 44.1 Å². The molecule has 5 fully saturated rings. The molecule has 0 aliphatic heterocycles. The maximum absolute atomic E-state index is 10.8. The van der Waals surface area contributed by atoms with E-state index in [1.54, 1.807) is 0 Å². The fourth-order valence-corrected chi connectivity index (χ4v) is 9.83. The van der Waals surface area contributed by atoms with Crippen molar-refractivity contribution in [2.75, 3.05) is 5.33 Å². The van der Waals surface area contributed by atoms with E-state index in [4.69, 9.17) is 0 Å². The van der Waals surface area contributed by atoms with E-state index in [9.17, 15) is 10.2 Å². The number of allylic oxidation sites excluding steroid dienone is 2. The summed E-state index contributed by atoms with van der Waals surface area (Å²) in [5.74, 6) is 3.89. The summed E-state index contributed by atoms with van der Waals surface area (Å²) in [7, 11) is 0. The van der Waals surface area contributed by atoms with Crippen molar-refractivity contribution in [2.45, 2.75) is 84.2 Å². The lowest BCUT2D eigenvalue weighted by atomic mass is 9.49. The lowest BCUT2D eigenvalue weighted by Crippen LogP contribution is -2.49. The predicted molar refractivity (Wildman–Crippen MR) is 108 cm³/mol. The van der Waals surface area contributed by atoms with E-state index in [0.717, 1.165) is 42.9 Å². The van der Waals surface area contributed by atoms with Gasteiger partial charge in [-0.1, -0.05) is 29.8 Å². The van der Waals surface area contributed by atoms with Crippen LogP contribution in [0.4, 0.5) is 0 Å². The molecule has 26 heavy (non-hydrogen) atoms. The average Bonchev–Trinajstić information content (AvgIpc) is 2.94. The zero-order chi connectivity index (χ0) is 18.5. The van der Waals surface area contributed by atoms with Crippen molar-refractivity contribution in [3.8, 4) is 0 Å². The molecule has 0 heterocycles. The first kappa shape index (κ1) is 18.0. The molecule has 0 aromatic heterocycles. The summed E-state index contributed by atoms with van der Waals surface area (Å²) in [6.07, 6.45) is 11.0. The molecule has 146 valence electrons. The highest BCUT2D eigenvalue weighted by molar-refractivity contribution is 9.09. The Morgan fingerprint density at radius 2 is 1.85 bits per heavy atom. The smallest absolute Gasteiger partial charge is 0.103 e. The Bertz CT molecular complexity index is 669. The van der Waals surface area contributed by atoms with Crippen molar-refractivity contribution < 1.29 is 10.2 Å². The topological polar surface area (TPSA) is 40.5 Å². The summed E-state index contributed by atoms with van der Waals surface area (Å²) in [6, 6.07) is 0. The van der Waals surface area contributed by atoms with E-state index >= 15 is 0 Å². The van der Waals surface area contributed by atoms with Crippen LogP contribution in [0.1, 0.15) is 78.6 Å². The van der Waals surface area contributed by atoms with Gasteiger partial charge in [-0.25, -0.2) is 0 Å². The van der Waals surface area contributed by atoms with Crippen molar-refractivity contribution >= 4 is 15.9 Å². The van der Waals surface area contributed by atoms with Gasteiger partial charge in [0.15, 0.2) is 0 Å². The maximum atomic E-state index is 10.8. The van der Waals surface area contributed by atoms with Gasteiger partial charge < -0.3 is 10.2 Å². The van der Waals surface area contributed by atoms with Crippen LogP contribution >= 0.6 is 15.9 Å². The summed E-state index contributed by atoms with van der Waals surface area (Å²) in [5, 5.41) is 21.9. The van der Waals surface area contributed by atoms with Gasteiger partial charge in [0.2, 0.25) is 0 Å². The van der Waals surface area contributed by atoms with Crippen LogP contribution in [0.2, 0.25) is 0 Å². The Morgan fingerprint density at radius 1 is 1.08 bits per heavy atom. The number of hydrogen-bond acceptors (Lipinski definition) is 2. The summed E-state index contributed by atoms with van der Waals surface area (Å²) >= 11 is 3.48. The first-order chi connectivity index (χ1) is 12.2. The monoisotopic (exact) mass is 422 g/mol. The molecule has 5 saturated carbocycles. The lowest BCUT2D eigenvalue weighted by molar-refractivity contribution is -0.0906. The van der Waals surface area contributed by atoms with Gasteiger partial charge in [0.1, 0.15) is 5.76 Å². The Balaban J connectivity index is 1.49. The summed E-state index contributed by atoms with van der Waals surface area (Å²) in [4.78, 5) is 0. The third kappa shape index (κ3) is 1.93. The van der Waals surface area contributed by atoms with Gasteiger partial charge in [-0.3, -0.25) is 0 Å². The standard InChI is InChI=1S/C23H35BrO2/c1-14-22-9-6-15-16-4-5-18(19(25)12-24)21(16,3)8-7-17(15)23(14,22)11-10-20(2,26)13-22/h14-17,25-26H,4-13H2,1-3H3/b19-18+/t14-,15+,16?,17?,20-,21+,22-,23+/m1/s1. The average molecular weight is 423 g/mol. The van der Waals surface area contributed by atoms with Crippen molar-refractivity contribution in [1.29, 1.82) is 0 Å². The summed E-state index contributed by atoms with van der Waals surface area (Å²) < 4.78 is 0. The summed E-state index contributed by atoms with van der Waals surface area (Å²) in [5.41, 5.74) is 2.13. The Kier molecular flexibility index (Phi) is 3.69. The maximum Gasteiger partial charge on any atom is 0.103 e. The molecule has 5 aliphatic rings. The Hall–Kier alpha value is -0.0200. The van der Waals surface area contributed by atoms with Crippen LogP contribution in [0.15, 0.2) is 11.3 Å². The van der Waals surface area contributed by atoms with Crippen LogP contribution < -0.4 is 0 Å². The number of halogens is 1. The summed E-state index contributed by atoms with van der Waals surface area (Å²) in [6.45, 7) is 7.04. The molecule has 0 amide bonds. The highest BCUT2D eigenvalue weighted by Crippen LogP contribution is 2.86. The predicted octanol–water partition coefficient (Wildman–Crippen LogP) is 5.99. The number of hydrogen-bond donors (Lipinski definition) is 2. The van der Waals surface area contributed by atoms with E-state index in [0.29, 0.717) is 21.9 Å². The Morgan fingerprint density at radius 3 is 2.58 bits per heavy atom. The van der Waals surface area contributed by atoms with Gasteiger partial charge in [0.25, 0.3) is 0 Å². The minimum absolute atomic E-state index is 0.230. The highest BCUT2D eigenvalue weighted by atomic mass is 79.9. The Labute approximate surface area is 167 Å². The fraction of sp³-hybridized carbons (Fsp3) is 0.913. The molecule has 0 aromatic rings. The van der Waals surface area contributed by atoms with E-state index in [2.05, 4.69) is 36.7 Å². The number of rotatable bonds is 1. The third-order valence-corrected chi connectivity index (χ3v) is 11.0. The largest absolute Gasteiger partial charge is 0.511 e. The lowest BCUT2D eigenvalue weighted by Gasteiger charge is -2.56. The van der Waals surface area contributed by atoms with Crippen molar-refractivity contribution in [3.63, 3.8) is 0 Å². The number of fused-ring (bicyclic) bond motifs is 3. The zero-order valence-electron chi connectivity index (χ0n) is 16.7. The second-order valence-electron chi connectivity index (χ2n) is 11.1. The number of aliphatic hydroxyl groups excluding tert-OH is 1. The molecule has 2 nitrogen and oxygen atoms in total. The zero-order valence-corrected chi connectivity index (χ0v) is 18.2. The van der Waals surface area contributed by atoms with E-state index in [1.807, 2.05) is 0 Å². The number of alkyl halides is 1. The second-order valence-corrected chi connectivity index (χ2v) is 11.6. The minimum atomic E-state index is -0.435. The number of aliphatic hydroxyl groups is 2. The molecule has 5 aliphatic carbocycles. The molecule has 5 rings (SSSR count). The molecule has 8 atom stereocenters. The van der Waals surface area contributed by atoms with Gasteiger partial charge in [-0.15, -0.1) is 0 Å². The third-order valence-electron chi connectivity index (χ3n) is 10.5. The first-order valence-electron chi connectivity index (χ1n) is 10.9. The molecule has 0 saturated heterocycles. The van der Waals surface area contributed by atoms with E-state index in [-0.39, 0.29) is 5.41 Å². The SMILES string of the molecule is C[C@@H]1[C@]23CC[C@H]4C5CC/C(=C(\O)CBr)[C@@]5(C)CCC4[C@]12CC[C@@](C)(O)C3. The van der Waals surface area contributed by atoms with Gasteiger partial charge in [0.05, 0.1) is 10.9 Å². The van der Waals surface area contributed by atoms with Crippen molar-refractivity contribution in [2.24, 2.45) is 39.9 Å². The van der Waals surface area contributed by atoms with Crippen LogP contribution in [0.5, 0.6) is 0 Å². The quantitative estimate of drug-likeness (QED) is 0.402. The van der Waals surface area contributed by atoms with E-state index < -0.39 is 5.60 Å². The van der Waals surface area contributed by atoms with Crippen LogP contribution in [-0.2, 0) is 0 Å². The molecular weight excluding hydrogens is 388 g/mol. The van der Waals surface area contributed by atoms with Gasteiger partial charge in [-0.2, -0.15) is 0 Å². The molecule has 2 N–H and O–H groups in total. The molecule has 2 unspecified atom stereocenters. The first-order valence-corrected chi connectivity index (χ1v) is 12.0. The van der Waals surface area contributed by atoms with Gasteiger partial charge in [0, 0.05) is 0 Å². The molecule has 0 radical (unpaired) electrons. The van der Waals surface area contributed by atoms with Gasteiger partial charge in [-0.05, 0) is 110 Å². The molecule has 3 heteroatoms. The van der Waals surface area contributed by atoms with Crippen LogP contribution in [-0.4, -0.2) is 21.1 Å². The van der Waals surface area contributed by atoms with Crippen molar-refractivity contribution in [3.05, 3.63) is 11.3 Å². The molecular formula is C23H35BrO2. The molecule has 0 aromatic carbocycles. The minimum Gasteiger partial charge on any atom is -0.511 e. The van der Waals surface area contributed by atoms with Crippen LogP contribution in [0.25, 0.3) is 0 Å².